The lowest BCUT2D eigenvalue weighted by molar-refractivity contribution is -0.117. The number of methoxy groups -OCH3 is 1. The molecule has 478 valence electrons. The Kier molecular flexibility index (Phi) is 30.8. The van der Waals surface area contributed by atoms with Crippen LogP contribution in [0.15, 0.2) is 128 Å². The van der Waals surface area contributed by atoms with Gasteiger partial charge in [-0.1, -0.05) is 255 Å². The van der Waals surface area contributed by atoms with Crippen LogP contribution >= 0.6 is 0 Å². The lowest BCUT2D eigenvalue weighted by Crippen LogP contribution is -2.33. The first-order valence-corrected chi connectivity index (χ1v) is 35.9. The molecule has 1 unspecified atom stereocenters. The van der Waals surface area contributed by atoms with Gasteiger partial charge in [0.15, 0.2) is 5.71 Å². The second kappa shape index (κ2) is 38.5. The molecule has 18 heteroatoms. The summed E-state index contributed by atoms with van der Waals surface area (Å²) in [6, 6.07) is 26.2. The van der Waals surface area contributed by atoms with E-state index in [1.54, 1.807) is 54.6 Å². The summed E-state index contributed by atoms with van der Waals surface area (Å²) in [5.74, 6) is -1.11. The number of hydrogen-bond donors (Lipinski definition) is 3. The smallest absolute Gasteiger partial charge is 0.281 e. The molecule has 0 saturated heterocycles. The van der Waals surface area contributed by atoms with Crippen molar-refractivity contribution in [3.05, 3.63) is 109 Å². The minimum atomic E-state index is -4.46. The zero-order valence-corrected chi connectivity index (χ0v) is 54.4. The third-order valence-electron chi connectivity index (χ3n) is 16.5. The van der Waals surface area contributed by atoms with Crippen molar-refractivity contribution in [2.45, 2.75) is 235 Å². The van der Waals surface area contributed by atoms with Crippen LogP contribution in [0.2, 0.25) is 0 Å². The Balaban J connectivity index is 1.09. The number of nitriles is 1. The zero-order chi connectivity index (χ0) is 62.8. The first-order valence-electron chi connectivity index (χ1n) is 33.0. The normalized spacial score (nSPS) is 13.5. The summed E-state index contributed by atoms with van der Waals surface area (Å²) in [6.07, 6.45) is 39.8. The summed E-state index contributed by atoms with van der Waals surface area (Å²) in [4.78, 5) is 29.4. The van der Waals surface area contributed by atoms with E-state index in [4.69, 9.17) is 4.74 Å². The lowest BCUT2D eigenvalue weighted by Gasteiger charge is -2.24. The highest BCUT2D eigenvalue weighted by Gasteiger charge is 2.38. The standard InChI is InChI=1S/C70H98N8O8S2/c1-4-6-8-10-12-14-16-18-20-22-24-26-28-30-32-39-50-77(51-40-33-31-29-27-25-23-21-19-17-15-13-11-9-7-5-2)69(80)62-54-63(60-46-37-38-47-61(60)68(62)79)76-88(84,85)58-45-41-42-56(52-58)75-87(82,83)59-48-49-66(86-3)64(53-59)72-73-67-65(55-71)74-78(70(67)81)57-43-35-34-36-44-57/h34-38,41-49,52-54,67,75-76,79H,4-33,39-40,50-51H2,1-3H3. The number of nitrogens with one attached hydrogen (secondary N) is 2. The molecule has 0 saturated carbocycles. The number of para-hydroxylation sites is 1. The van der Waals surface area contributed by atoms with Crippen LogP contribution in [0.5, 0.6) is 11.5 Å². The Bertz CT molecular complexity index is 3240. The van der Waals surface area contributed by atoms with Crippen molar-refractivity contribution in [2.24, 2.45) is 15.3 Å². The second-order valence-corrected chi connectivity index (χ2v) is 26.9. The number of azo groups is 1. The molecule has 0 bridgehead atoms. The van der Waals surface area contributed by atoms with E-state index in [1.165, 1.54) is 210 Å². The number of fused-ring (bicyclic) bond motifs is 1. The van der Waals surface area contributed by atoms with Gasteiger partial charge in [-0.25, -0.2) is 16.8 Å². The summed E-state index contributed by atoms with van der Waals surface area (Å²) in [5.41, 5.74) is 0.123. The molecule has 1 atom stereocenters. The maximum atomic E-state index is 14.8. The second-order valence-electron chi connectivity index (χ2n) is 23.5. The number of sulfonamides is 2. The van der Waals surface area contributed by atoms with Crippen LogP contribution in [0, 0.1) is 11.3 Å². The molecule has 5 aromatic rings. The van der Waals surface area contributed by atoms with Crippen LogP contribution in [0.1, 0.15) is 230 Å². The number of carbonyl (C=O) groups excluding carboxylic acids is 2. The topological polar surface area (TPSA) is 223 Å². The Labute approximate surface area is 526 Å². The average molecular weight is 1240 g/mol. The fourth-order valence-electron chi connectivity index (χ4n) is 11.4. The van der Waals surface area contributed by atoms with Gasteiger partial charge in [0.25, 0.3) is 31.9 Å². The molecule has 1 heterocycles. The summed E-state index contributed by atoms with van der Waals surface area (Å²) in [7, 11) is -7.55. The maximum Gasteiger partial charge on any atom is 0.281 e. The molecule has 1 aliphatic rings. The highest BCUT2D eigenvalue weighted by molar-refractivity contribution is 7.93. The first kappa shape index (κ1) is 70.2. The minimum absolute atomic E-state index is 0.00748. The lowest BCUT2D eigenvalue weighted by atomic mass is 10.0. The third kappa shape index (κ3) is 22.6. The van der Waals surface area contributed by atoms with Gasteiger partial charge in [-0.3, -0.25) is 19.0 Å². The SMILES string of the molecule is CCCCCCCCCCCCCCCCCCN(CCCCCCCCCCCCCCCCCC)C(=O)c1cc(NS(=O)(=O)c2cccc(NS(=O)(=O)c3ccc(OC)c(N=NC4C(=O)N(c5ccccc5)N=C4C#N)c3)c2)c2ccccc2c1O. The van der Waals surface area contributed by atoms with Crippen molar-refractivity contribution in [2.75, 3.05) is 34.7 Å². The van der Waals surface area contributed by atoms with Crippen LogP contribution < -0.4 is 19.2 Å². The molecule has 0 fully saturated rings. The third-order valence-corrected chi connectivity index (χ3v) is 19.2. The number of ether oxygens (including phenoxy) is 1. The predicted octanol–water partition coefficient (Wildman–Crippen LogP) is 18.5. The van der Waals surface area contributed by atoms with Gasteiger partial charge in [0.2, 0.25) is 6.04 Å². The Morgan fingerprint density at radius 3 is 1.56 bits per heavy atom. The molecule has 16 nitrogen and oxygen atoms in total. The van der Waals surface area contributed by atoms with Gasteiger partial charge in [0.05, 0.1) is 39.5 Å². The van der Waals surface area contributed by atoms with Gasteiger partial charge >= 0.3 is 0 Å². The molecule has 88 heavy (non-hydrogen) atoms. The summed E-state index contributed by atoms with van der Waals surface area (Å²) >= 11 is 0. The van der Waals surface area contributed by atoms with Crippen LogP contribution in [0.25, 0.3) is 10.8 Å². The Morgan fingerprint density at radius 2 is 1.06 bits per heavy atom. The largest absolute Gasteiger partial charge is 0.506 e. The fourth-order valence-corrected chi connectivity index (χ4v) is 13.5. The fraction of sp³-hybridized carbons (Fsp3) is 0.543. The van der Waals surface area contributed by atoms with Crippen molar-refractivity contribution in [3.63, 3.8) is 0 Å². The van der Waals surface area contributed by atoms with Crippen molar-refractivity contribution in [1.29, 1.82) is 5.26 Å². The molecule has 2 amide bonds. The molecule has 0 aliphatic carbocycles. The maximum absolute atomic E-state index is 14.8. The van der Waals surface area contributed by atoms with E-state index in [-0.39, 0.29) is 55.5 Å². The number of phenols is 1. The Morgan fingerprint density at radius 1 is 0.591 bits per heavy atom. The van der Waals surface area contributed by atoms with E-state index in [1.807, 2.05) is 11.0 Å². The highest BCUT2D eigenvalue weighted by Crippen LogP contribution is 2.38. The predicted molar refractivity (Wildman–Crippen MR) is 357 cm³/mol. The zero-order valence-electron chi connectivity index (χ0n) is 52.7. The number of nitrogens with zero attached hydrogens (tertiary/aromatic N) is 6. The molecule has 0 radical (unpaired) electrons. The number of carbonyl (C=O) groups is 2. The minimum Gasteiger partial charge on any atom is -0.506 e. The highest BCUT2D eigenvalue weighted by atomic mass is 32.2. The van der Waals surface area contributed by atoms with Gasteiger partial charge in [-0.05, 0) is 67.4 Å². The monoisotopic (exact) mass is 1240 g/mol. The molecule has 0 aromatic heterocycles. The molecule has 5 aromatic carbocycles. The van der Waals surface area contributed by atoms with Crippen LogP contribution in [0.4, 0.5) is 22.7 Å². The summed E-state index contributed by atoms with van der Waals surface area (Å²) in [5, 5.41) is 35.7. The number of amides is 2. The van der Waals surface area contributed by atoms with Gasteiger partial charge in [-0.2, -0.15) is 25.6 Å². The van der Waals surface area contributed by atoms with Gasteiger partial charge in [-0.15, -0.1) is 0 Å². The van der Waals surface area contributed by atoms with Gasteiger partial charge in [0.1, 0.15) is 23.3 Å². The van der Waals surface area contributed by atoms with E-state index < -0.39 is 32.0 Å². The number of benzene rings is 5. The number of hydrogen-bond acceptors (Lipinski definition) is 12. The van der Waals surface area contributed by atoms with Gasteiger partial charge in [0, 0.05) is 23.9 Å². The molecular formula is C70H98N8O8S2. The average Bonchev–Trinajstić information content (AvgIpc) is 1.73. The van der Waals surface area contributed by atoms with Crippen molar-refractivity contribution >= 4 is 71.1 Å². The number of phenolic OH excluding ortho intramolecular Hbond substituents is 1. The number of anilines is 3. The summed E-state index contributed by atoms with van der Waals surface area (Å²) < 4.78 is 67.3. The molecular weight excluding hydrogens is 1140 g/mol. The summed E-state index contributed by atoms with van der Waals surface area (Å²) in [6.45, 7) is 5.56. The number of rotatable bonds is 45. The van der Waals surface area contributed by atoms with E-state index in [0.29, 0.717) is 29.5 Å². The van der Waals surface area contributed by atoms with E-state index in [0.717, 1.165) is 56.4 Å². The first-order chi connectivity index (χ1) is 42.8. The number of hydrazone groups is 1. The molecule has 6 rings (SSSR count). The number of unbranched alkanes of at least 4 members (excludes halogenated alkanes) is 30. The molecule has 3 N–H and O–H groups in total. The van der Waals surface area contributed by atoms with E-state index >= 15 is 0 Å². The molecule has 0 spiro atoms. The molecule has 1 aliphatic heterocycles. The van der Waals surface area contributed by atoms with Crippen LogP contribution in [-0.2, 0) is 24.8 Å². The quantitative estimate of drug-likeness (QED) is 0.0191. The number of aromatic hydroxyl groups is 1. The van der Waals surface area contributed by atoms with Crippen molar-refractivity contribution in [3.8, 4) is 17.6 Å². The van der Waals surface area contributed by atoms with Crippen LogP contribution in [-0.4, -0.2) is 70.6 Å². The van der Waals surface area contributed by atoms with E-state index in [9.17, 15) is 36.8 Å². The van der Waals surface area contributed by atoms with Gasteiger partial charge < -0.3 is 14.7 Å². The van der Waals surface area contributed by atoms with E-state index in [2.05, 4.69) is 38.6 Å². The Hall–Kier alpha value is -6.84. The van der Waals surface area contributed by atoms with Crippen molar-refractivity contribution < 1.29 is 36.3 Å². The van der Waals surface area contributed by atoms with Crippen LogP contribution in [0.3, 0.4) is 0 Å². The van der Waals surface area contributed by atoms with Crippen molar-refractivity contribution in [1.82, 2.24) is 4.90 Å².